The summed E-state index contributed by atoms with van der Waals surface area (Å²) in [7, 11) is 1.53. The molecule has 0 aliphatic heterocycles. The highest BCUT2D eigenvalue weighted by Crippen LogP contribution is 2.17. The van der Waals surface area contributed by atoms with Crippen molar-refractivity contribution in [3.8, 4) is 0 Å². The van der Waals surface area contributed by atoms with E-state index in [1.54, 1.807) is 0 Å². The molecule has 0 aromatic rings. The molecule has 0 atom stereocenters. The van der Waals surface area contributed by atoms with Crippen LogP contribution < -0.4 is 0 Å². The number of nitrogens with zero attached hydrogens (tertiary/aromatic N) is 1. The number of rotatable bonds is 3. The average Bonchev–Trinajstić information content (AvgIpc) is 2.03. The van der Waals surface area contributed by atoms with Crippen molar-refractivity contribution in [2.45, 2.75) is 6.42 Å². The van der Waals surface area contributed by atoms with Crippen molar-refractivity contribution in [1.82, 2.24) is 0 Å². The molecule has 0 N–H and O–H groups in total. The fourth-order valence-electron chi connectivity index (χ4n) is 0.391. The molecule has 0 aromatic carbocycles. The van der Waals surface area contributed by atoms with Gasteiger partial charge in [0.1, 0.15) is 4.38 Å². The molecule has 0 saturated heterocycles. The maximum atomic E-state index is 12.1. The first-order valence-electron chi connectivity index (χ1n) is 3.06. The van der Waals surface area contributed by atoms with Gasteiger partial charge in [-0.05, 0) is 0 Å². The van der Waals surface area contributed by atoms with Gasteiger partial charge in [0, 0.05) is 19.2 Å². The molecule has 0 fully saturated rings. The zero-order chi connectivity index (χ0) is 9.56. The second kappa shape index (κ2) is 6.42. The van der Waals surface area contributed by atoms with Gasteiger partial charge in [0.05, 0.1) is 0 Å². The lowest BCUT2D eigenvalue weighted by atomic mass is 10.4. The normalized spacial score (nSPS) is 11.6. The van der Waals surface area contributed by atoms with E-state index >= 15 is 0 Å². The van der Waals surface area contributed by atoms with Crippen LogP contribution in [0.1, 0.15) is 6.42 Å². The van der Waals surface area contributed by atoms with E-state index in [0.717, 1.165) is 11.8 Å². The molecule has 0 radical (unpaired) electrons. The fourth-order valence-corrected chi connectivity index (χ4v) is 1.26. The van der Waals surface area contributed by atoms with Crippen LogP contribution in [0.25, 0.3) is 0 Å². The van der Waals surface area contributed by atoms with E-state index in [4.69, 9.17) is 0 Å². The second-order valence-electron chi connectivity index (χ2n) is 1.77. The van der Waals surface area contributed by atoms with Crippen LogP contribution in [0.15, 0.2) is 16.9 Å². The highest BCUT2D eigenvalue weighted by molar-refractivity contribution is 8.32. The molecule has 12 heavy (non-hydrogen) atoms. The lowest BCUT2D eigenvalue weighted by Crippen LogP contribution is -1.86. The minimum absolute atomic E-state index is 0.222. The smallest absolute Gasteiger partial charge is 0.275 e. The molecule has 0 aliphatic carbocycles. The molecule has 70 valence electrons. The SMILES string of the molecule is CN=C(S)SCCC(F)=C(F)F. The Morgan fingerprint density at radius 3 is 2.42 bits per heavy atom. The highest BCUT2D eigenvalue weighted by atomic mass is 32.2. The van der Waals surface area contributed by atoms with Crippen molar-refractivity contribution in [2.24, 2.45) is 4.99 Å². The minimum Gasteiger partial charge on any atom is -0.275 e. The number of thioether (sulfide) groups is 1. The molecule has 0 heterocycles. The number of allylic oxidation sites excluding steroid dienone is 1. The van der Waals surface area contributed by atoms with Gasteiger partial charge in [0.15, 0.2) is 5.83 Å². The van der Waals surface area contributed by atoms with E-state index in [0.29, 0.717) is 4.38 Å². The van der Waals surface area contributed by atoms with Crippen LogP contribution in [0.4, 0.5) is 13.2 Å². The minimum atomic E-state index is -2.25. The maximum Gasteiger partial charge on any atom is 0.301 e. The average molecular weight is 215 g/mol. The lowest BCUT2D eigenvalue weighted by molar-refractivity contribution is 0.373. The summed E-state index contributed by atoms with van der Waals surface area (Å²) >= 11 is 5.00. The summed E-state index contributed by atoms with van der Waals surface area (Å²) in [6.07, 6.45) is -2.53. The number of thiol groups is 1. The Bertz CT molecular complexity index is 199. The zero-order valence-corrected chi connectivity index (χ0v) is 8.06. The summed E-state index contributed by atoms with van der Waals surface area (Å²) in [6.45, 7) is 0. The molecule has 6 heteroatoms. The Balaban J connectivity index is 3.65. The number of hydrogen-bond acceptors (Lipinski definition) is 2. The largest absolute Gasteiger partial charge is 0.301 e. The first-order chi connectivity index (χ1) is 5.57. The molecule has 0 aromatic heterocycles. The summed E-state index contributed by atoms with van der Waals surface area (Å²) in [5.41, 5.74) is 0. The van der Waals surface area contributed by atoms with Gasteiger partial charge in [0.25, 0.3) is 0 Å². The second-order valence-corrected chi connectivity index (χ2v) is 3.58. The number of hydrogen-bond donors (Lipinski definition) is 1. The number of aliphatic imine (C=N–C) groups is 1. The molecule has 1 nitrogen and oxygen atoms in total. The van der Waals surface area contributed by atoms with Crippen LogP contribution >= 0.6 is 24.4 Å². The quantitative estimate of drug-likeness (QED) is 0.433. The van der Waals surface area contributed by atoms with Crippen LogP contribution in [-0.2, 0) is 0 Å². The molecule has 0 aliphatic rings. The molecule has 0 rings (SSSR count). The van der Waals surface area contributed by atoms with Crippen molar-refractivity contribution >= 4 is 28.8 Å². The molecule has 0 unspecified atom stereocenters. The molecule has 0 spiro atoms. The first-order valence-corrected chi connectivity index (χ1v) is 4.49. The Kier molecular flexibility index (Phi) is 6.37. The van der Waals surface area contributed by atoms with Crippen LogP contribution in [0, 0.1) is 0 Å². The van der Waals surface area contributed by atoms with E-state index in [1.807, 2.05) is 0 Å². The van der Waals surface area contributed by atoms with Crippen molar-refractivity contribution in [1.29, 1.82) is 0 Å². The van der Waals surface area contributed by atoms with Crippen LogP contribution in [0.2, 0.25) is 0 Å². The van der Waals surface area contributed by atoms with Gasteiger partial charge in [-0.25, -0.2) is 4.39 Å². The van der Waals surface area contributed by atoms with Gasteiger partial charge in [-0.2, -0.15) is 8.78 Å². The number of halogens is 3. The molecular formula is C6H8F3NS2. The van der Waals surface area contributed by atoms with Gasteiger partial charge in [-0.1, -0.05) is 11.8 Å². The standard InChI is InChI=1S/C6H8F3NS2/c1-10-6(11)12-3-2-4(7)5(8)9/h2-3H2,1H3,(H,10,11). The van der Waals surface area contributed by atoms with Gasteiger partial charge >= 0.3 is 6.08 Å². The maximum absolute atomic E-state index is 12.1. The van der Waals surface area contributed by atoms with Crippen molar-refractivity contribution in [2.75, 3.05) is 12.8 Å². The summed E-state index contributed by atoms with van der Waals surface area (Å²) < 4.78 is 35.6. The molecular weight excluding hydrogens is 207 g/mol. The third-order valence-electron chi connectivity index (χ3n) is 0.949. The Hall–Kier alpha value is -0.100. The Labute approximate surface area is 78.5 Å². The van der Waals surface area contributed by atoms with Crippen molar-refractivity contribution in [3.63, 3.8) is 0 Å². The molecule has 0 amide bonds. The summed E-state index contributed by atoms with van der Waals surface area (Å²) in [5.74, 6) is -1.14. The monoisotopic (exact) mass is 215 g/mol. The van der Waals surface area contributed by atoms with E-state index in [-0.39, 0.29) is 12.2 Å². The van der Waals surface area contributed by atoms with Crippen LogP contribution in [0.5, 0.6) is 0 Å². The van der Waals surface area contributed by atoms with Crippen LogP contribution in [0.3, 0.4) is 0 Å². The first kappa shape index (κ1) is 11.9. The summed E-state index contributed by atoms with van der Waals surface area (Å²) in [6, 6.07) is 0. The van der Waals surface area contributed by atoms with Gasteiger partial charge in [0.2, 0.25) is 0 Å². The topological polar surface area (TPSA) is 12.4 Å². The predicted octanol–water partition coefficient (Wildman–Crippen LogP) is 3.10. The fraction of sp³-hybridized carbons (Fsp3) is 0.500. The summed E-state index contributed by atoms with van der Waals surface area (Å²) in [4.78, 5) is 3.65. The van der Waals surface area contributed by atoms with Gasteiger partial charge < -0.3 is 0 Å². The van der Waals surface area contributed by atoms with Gasteiger partial charge in [-0.3, -0.25) is 4.99 Å². The summed E-state index contributed by atoms with van der Waals surface area (Å²) in [5, 5.41) is 0. The Morgan fingerprint density at radius 2 is 2.00 bits per heavy atom. The van der Waals surface area contributed by atoms with E-state index < -0.39 is 11.9 Å². The van der Waals surface area contributed by atoms with Crippen LogP contribution in [-0.4, -0.2) is 17.2 Å². The lowest BCUT2D eigenvalue weighted by Gasteiger charge is -1.96. The zero-order valence-electron chi connectivity index (χ0n) is 6.35. The Morgan fingerprint density at radius 1 is 1.42 bits per heavy atom. The third-order valence-corrected chi connectivity index (χ3v) is 2.39. The van der Waals surface area contributed by atoms with E-state index in [9.17, 15) is 13.2 Å². The third kappa shape index (κ3) is 5.54. The van der Waals surface area contributed by atoms with Crippen molar-refractivity contribution in [3.05, 3.63) is 11.9 Å². The van der Waals surface area contributed by atoms with Gasteiger partial charge in [-0.15, -0.1) is 12.6 Å². The molecule has 0 saturated carbocycles. The van der Waals surface area contributed by atoms with E-state index in [1.165, 1.54) is 7.05 Å². The highest BCUT2D eigenvalue weighted by Gasteiger charge is 2.04. The molecule has 0 bridgehead atoms. The van der Waals surface area contributed by atoms with Crippen molar-refractivity contribution < 1.29 is 13.2 Å². The predicted molar refractivity (Wildman–Crippen MR) is 49.8 cm³/mol. The van der Waals surface area contributed by atoms with E-state index in [2.05, 4.69) is 17.6 Å².